The van der Waals surface area contributed by atoms with Crippen LogP contribution in [-0.2, 0) is 16.1 Å². The Balaban J connectivity index is 1.45. The molecule has 2 amide bonds. The lowest BCUT2D eigenvalue weighted by molar-refractivity contribution is -0.136. The lowest BCUT2D eigenvalue weighted by atomic mass is 9.87. The van der Waals surface area contributed by atoms with Crippen molar-refractivity contribution in [1.29, 1.82) is 0 Å². The van der Waals surface area contributed by atoms with Crippen LogP contribution in [0.4, 0.5) is 5.69 Å². The highest BCUT2D eigenvalue weighted by molar-refractivity contribution is 6.01. The summed E-state index contributed by atoms with van der Waals surface area (Å²) >= 11 is 0. The van der Waals surface area contributed by atoms with Crippen molar-refractivity contribution in [2.75, 3.05) is 25.5 Å². The summed E-state index contributed by atoms with van der Waals surface area (Å²) in [6.45, 7) is 2.34. The molecule has 0 bridgehead atoms. The third kappa shape index (κ3) is 3.67. The molecule has 1 aromatic carbocycles. The molecular weight excluding hydrogens is 344 g/mol. The highest BCUT2D eigenvalue weighted by Gasteiger charge is 2.35. The van der Waals surface area contributed by atoms with E-state index in [1.54, 1.807) is 19.4 Å². The normalized spacial score (nSPS) is 20.1. The minimum Gasteiger partial charge on any atom is -0.497 e. The molecule has 0 radical (unpaired) electrons. The van der Waals surface area contributed by atoms with Crippen molar-refractivity contribution >= 4 is 17.5 Å². The zero-order valence-electron chi connectivity index (χ0n) is 15.4. The fraction of sp³-hybridized carbons (Fsp3) is 0.450. The molecule has 7 heteroatoms. The van der Waals surface area contributed by atoms with E-state index in [0.29, 0.717) is 17.4 Å². The summed E-state index contributed by atoms with van der Waals surface area (Å²) in [6, 6.07) is 7.40. The Morgan fingerprint density at radius 3 is 2.85 bits per heavy atom. The van der Waals surface area contributed by atoms with Gasteiger partial charge in [0.25, 0.3) is 0 Å². The summed E-state index contributed by atoms with van der Waals surface area (Å²) in [5.74, 6) is 0.708. The molecule has 0 unspecified atom stereocenters. The van der Waals surface area contributed by atoms with Gasteiger partial charge in [0.15, 0.2) is 0 Å². The monoisotopic (exact) mass is 368 g/mol. The zero-order valence-corrected chi connectivity index (χ0v) is 15.4. The Bertz CT molecular complexity index is 826. The maximum Gasteiger partial charge on any atom is 0.230 e. The number of methoxy groups -OCH3 is 1. The largest absolute Gasteiger partial charge is 0.497 e. The molecule has 27 heavy (non-hydrogen) atoms. The quantitative estimate of drug-likeness (QED) is 0.898. The van der Waals surface area contributed by atoms with E-state index >= 15 is 0 Å². The van der Waals surface area contributed by atoms with Crippen molar-refractivity contribution in [3.05, 3.63) is 42.2 Å². The first-order chi connectivity index (χ1) is 13.1. The van der Waals surface area contributed by atoms with Crippen LogP contribution in [0.25, 0.3) is 0 Å². The number of hydrogen-bond donors (Lipinski definition) is 1. The van der Waals surface area contributed by atoms with Crippen molar-refractivity contribution in [2.45, 2.75) is 31.7 Å². The van der Waals surface area contributed by atoms with Crippen LogP contribution in [0, 0.1) is 5.92 Å². The third-order valence-corrected chi connectivity index (χ3v) is 5.53. The van der Waals surface area contributed by atoms with E-state index < -0.39 is 5.92 Å². The number of piperidine rings is 1. The first kappa shape index (κ1) is 17.6. The van der Waals surface area contributed by atoms with E-state index in [1.165, 1.54) is 0 Å². The molecule has 2 aliphatic heterocycles. The van der Waals surface area contributed by atoms with Gasteiger partial charge in [-0.15, -0.1) is 0 Å². The summed E-state index contributed by atoms with van der Waals surface area (Å²) < 4.78 is 7.25. The molecule has 7 nitrogen and oxygen atoms in total. The summed E-state index contributed by atoms with van der Waals surface area (Å²) in [7, 11) is 1.60. The van der Waals surface area contributed by atoms with Gasteiger partial charge in [0, 0.05) is 44.1 Å². The lowest BCUT2D eigenvalue weighted by Gasteiger charge is -2.35. The summed E-state index contributed by atoms with van der Waals surface area (Å²) in [4.78, 5) is 27.2. The van der Waals surface area contributed by atoms with Gasteiger partial charge in [0.1, 0.15) is 5.75 Å². The Labute approximate surface area is 158 Å². The molecule has 1 N–H and O–H groups in total. The van der Waals surface area contributed by atoms with Crippen LogP contribution in [-0.4, -0.2) is 46.7 Å². The minimum atomic E-state index is -0.438. The van der Waals surface area contributed by atoms with Crippen molar-refractivity contribution < 1.29 is 14.3 Å². The second-order valence-electron chi connectivity index (χ2n) is 7.25. The fourth-order valence-corrected chi connectivity index (χ4v) is 4.02. The highest BCUT2D eigenvalue weighted by Crippen LogP contribution is 2.36. The van der Waals surface area contributed by atoms with Gasteiger partial charge in [-0.05, 0) is 48.6 Å². The predicted molar refractivity (Wildman–Crippen MR) is 101 cm³/mol. The average Bonchev–Trinajstić information content (AvgIpc) is 3.20. The molecule has 0 aliphatic carbocycles. The number of fused-ring (bicyclic) bond motifs is 1. The van der Waals surface area contributed by atoms with E-state index in [-0.39, 0.29) is 18.2 Å². The van der Waals surface area contributed by atoms with Gasteiger partial charge in [0.05, 0.1) is 13.0 Å². The zero-order chi connectivity index (χ0) is 18.8. The van der Waals surface area contributed by atoms with E-state index in [4.69, 9.17) is 4.74 Å². The minimum absolute atomic E-state index is 0.0388. The number of benzene rings is 1. The lowest BCUT2D eigenvalue weighted by Crippen LogP contribution is -2.43. The summed E-state index contributed by atoms with van der Waals surface area (Å²) in [6.07, 6.45) is 5.86. The molecule has 3 heterocycles. The number of ether oxygens (including phenoxy) is 1. The van der Waals surface area contributed by atoms with E-state index in [0.717, 1.165) is 38.0 Å². The number of nitrogens with one attached hydrogen (secondary N) is 1. The van der Waals surface area contributed by atoms with Crippen molar-refractivity contribution in [1.82, 2.24) is 14.7 Å². The number of amides is 2. The van der Waals surface area contributed by atoms with Crippen molar-refractivity contribution in [3.8, 4) is 5.75 Å². The topological polar surface area (TPSA) is 76.5 Å². The van der Waals surface area contributed by atoms with Gasteiger partial charge in [-0.25, -0.2) is 0 Å². The van der Waals surface area contributed by atoms with Crippen molar-refractivity contribution in [2.24, 2.45) is 5.92 Å². The molecule has 1 fully saturated rings. The van der Waals surface area contributed by atoms with Gasteiger partial charge < -0.3 is 15.0 Å². The second-order valence-corrected chi connectivity index (χ2v) is 7.25. The molecule has 2 aromatic rings. The van der Waals surface area contributed by atoms with Gasteiger partial charge in [-0.2, -0.15) is 5.10 Å². The number of aromatic nitrogens is 2. The Morgan fingerprint density at radius 1 is 1.33 bits per heavy atom. The van der Waals surface area contributed by atoms with Crippen molar-refractivity contribution in [3.63, 3.8) is 0 Å². The van der Waals surface area contributed by atoms with Gasteiger partial charge >= 0.3 is 0 Å². The van der Waals surface area contributed by atoms with Gasteiger partial charge in [-0.1, -0.05) is 0 Å². The number of hydrogen-bond acceptors (Lipinski definition) is 4. The molecule has 0 saturated carbocycles. The van der Waals surface area contributed by atoms with E-state index in [1.807, 2.05) is 34.0 Å². The van der Waals surface area contributed by atoms with Crippen LogP contribution in [0.15, 0.2) is 36.7 Å². The maximum absolute atomic E-state index is 13.2. The Morgan fingerprint density at radius 2 is 2.15 bits per heavy atom. The van der Waals surface area contributed by atoms with E-state index in [9.17, 15) is 9.59 Å². The van der Waals surface area contributed by atoms with Crippen LogP contribution in [0.1, 0.15) is 30.7 Å². The SMILES string of the molecule is COc1ccc2c(c1)[C@@H](C(=O)N1CCC(Cn3cccn3)CC1)CC(=O)N2. The second kappa shape index (κ2) is 7.42. The molecule has 0 spiro atoms. The predicted octanol–water partition coefficient (Wildman–Crippen LogP) is 2.26. The summed E-state index contributed by atoms with van der Waals surface area (Å²) in [5.41, 5.74) is 1.55. The number of carbonyl (C=O) groups is 2. The van der Waals surface area contributed by atoms with Crippen LogP contribution < -0.4 is 10.1 Å². The van der Waals surface area contributed by atoms with Gasteiger partial charge in [-0.3, -0.25) is 14.3 Å². The molecule has 1 saturated heterocycles. The molecule has 2 aliphatic rings. The number of anilines is 1. The Kier molecular flexibility index (Phi) is 4.83. The maximum atomic E-state index is 13.2. The first-order valence-electron chi connectivity index (χ1n) is 9.38. The number of likely N-dealkylation sites (tertiary alicyclic amines) is 1. The standard InChI is InChI=1S/C20H24N4O3/c1-27-15-3-4-18-16(11-15)17(12-19(25)22-18)20(26)23-9-5-14(6-10-23)13-24-8-2-7-21-24/h2-4,7-8,11,14,17H,5-6,9-10,12-13H2,1H3,(H,22,25)/t17-/m0/s1. The first-order valence-corrected chi connectivity index (χ1v) is 9.38. The average molecular weight is 368 g/mol. The van der Waals surface area contributed by atoms with Crippen LogP contribution in [0.3, 0.4) is 0 Å². The highest BCUT2D eigenvalue weighted by atomic mass is 16.5. The van der Waals surface area contributed by atoms with E-state index in [2.05, 4.69) is 10.4 Å². The van der Waals surface area contributed by atoms with Gasteiger partial charge in [0.2, 0.25) is 11.8 Å². The third-order valence-electron chi connectivity index (χ3n) is 5.53. The van der Waals surface area contributed by atoms with Crippen LogP contribution in [0.5, 0.6) is 5.75 Å². The van der Waals surface area contributed by atoms with Crippen LogP contribution >= 0.6 is 0 Å². The molecule has 4 rings (SSSR count). The molecular formula is C20H24N4O3. The van der Waals surface area contributed by atoms with Crippen LogP contribution in [0.2, 0.25) is 0 Å². The Hall–Kier alpha value is -2.83. The smallest absolute Gasteiger partial charge is 0.230 e. The summed E-state index contributed by atoms with van der Waals surface area (Å²) in [5, 5.41) is 7.12. The fourth-order valence-electron chi connectivity index (χ4n) is 4.02. The number of carbonyl (C=O) groups excluding carboxylic acids is 2. The molecule has 142 valence electrons. The molecule has 1 aromatic heterocycles. The molecule has 1 atom stereocenters. The number of rotatable bonds is 4. The number of nitrogens with zero attached hydrogens (tertiary/aromatic N) is 3.